The van der Waals surface area contributed by atoms with E-state index in [1.165, 1.54) is 11.1 Å². The smallest absolute Gasteiger partial charge is 0.233 e. The number of rotatable bonds is 4. The second-order valence-corrected chi connectivity index (χ2v) is 5.97. The number of nitrogens with zero attached hydrogens (tertiary/aromatic N) is 3. The molecule has 1 N–H and O–H groups in total. The van der Waals surface area contributed by atoms with E-state index in [0.717, 1.165) is 18.5 Å². The van der Waals surface area contributed by atoms with Gasteiger partial charge in [0, 0.05) is 25.0 Å². The maximum Gasteiger partial charge on any atom is 0.233 e. The fourth-order valence-corrected chi connectivity index (χ4v) is 3.31. The summed E-state index contributed by atoms with van der Waals surface area (Å²) in [7, 11) is 0. The fraction of sp³-hybridized carbons (Fsp3) is 0.278. The van der Waals surface area contributed by atoms with Gasteiger partial charge in [-0.05, 0) is 36.0 Å². The van der Waals surface area contributed by atoms with Gasteiger partial charge in [-0.3, -0.25) is 9.20 Å². The predicted molar refractivity (Wildman–Crippen MR) is 87.0 cm³/mol. The van der Waals surface area contributed by atoms with Crippen molar-refractivity contribution in [3.05, 3.63) is 65.7 Å². The third-order valence-corrected chi connectivity index (χ3v) is 4.44. The molecular weight excluding hydrogens is 288 g/mol. The van der Waals surface area contributed by atoms with Gasteiger partial charge in [0.05, 0.1) is 12.2 Å². The molecule has 5 nitrogen and oxygen atoms in total. The highest BCUT2D eigenvalue weighted by atomic mass is 16.1. The number of hydrogen-bond donors (Lipinski definition) is 1. The van der Waals surface area contributed by atoms with Gasteiger partial charge in [-0.2, -0.15) is 0 Å². The van der Waals surface area contributed by atoms with Crippen LogP contribution in [0.2, 0.25) is 0 Å². The van der Waals surface area contributed by atoms with Crippen molar-refractivity contribution in [1.29, 1.82) is 0 Å². The van der Waals surface area contributed by atoms with Gasteiger partial charge >= 0.3 is 0 Å². The first-order valence-electron chi connectivity index (χ1n) is 7.93. The molecule has 0 unspecified atom stereocenters. The van der Waals surface area contributed by atoms with Crippen LogP contribution in [0.1, 0.15) is 35.6 Å². The van der Waals surface area contributed by atoms with E-state index in [9.17, 15) is 4.79 Å². The molecule has 1 atom stereocenters. The van der Waals surface area contributed by atoms with Crippen LogP contribution in [0.15, 0.2) is 48.9 Å². The number of aromatic nitrogens is 3. The minimum atomic E-state index is 0.0803. The summed E-state index contributed by atoms with van der Waals surface area (Å²) in [6.07, 6.45) is 8.19. The Morgan fingerprint density at radius 1 is 1.30 bits per heavy atom. The highest BCUT2D eigenvalue weighted by Crippen LogP contribution is 2.35. The Morgan fingerprint density at radius 2 is 2.22 bits per heavy atom. The second kappa shape index (κ2) is 5.83. The molecule has 116 valence electrons. The van der Waals surface area contributed by atoms with E-state index in [0.29, 0.717) is 24.7 Å². The van der Waals surface area contributed by atoms with Crippen molar-refractivity contribution in [2.75, 3.05) is 0 Å². The maximum atomic E-state index is 12.2. The van der Waals surface area contributed by atoms with Crippen LogP contribution >= 0.6 is 0 Å². The van der Waals surface area contributed by atoms with E-state index in [2.05, 4.69) is 39.6 Å². The second-order valence-electron chi connectivity index (χ2n) is 5.97. The van der Waals surface area contributed by atoms with Crippen LogP contribution in [0.5, 0.6) is 0 Å². The normalized spacial score (nSPS) is 16.4. The van der Waals surface area contributed by atoms with Gasteiger partial charge in [0.15, 0.2) is 0 Å². The highest BCUT2D eigenvalue weighted by molar-refractivity contribution is 5.77. The third-order valence-electron chi connectivity index (χ3n) is 4.44. The molecule has 23 heavy (non-hydrogen) atoms. The van der Waals surface area contributed by atoms with Crippen LogP contribution in [0.3, 0.4) is 0 Å². The van der Waals surface area contributed by atoms with Crippen molar-refractivity contribution in [3.8, 4) is 0 Å². The SMILES string of the molecule is O=C(C[C@H]1CCc2ccccc21)NCc1cn2cccnc2n1. The van der Waals surface area contributed by atoms with Gasteiger partial charge in [0.1, 0.15) is 0 Å². The largest absolute Gasteiger partial charge is 0.350 e. The molecule has 0 radical (unpaired) electrons. The van der Waals surface area contributed by atoms with Crippen molar-refractivity contribution in [2.45, 2.75) is 31.7 Å². The molecule has 0 bridgehead atoms. The average molecular weight is 306 g/mol. The van der Waals surface area contributed by atoms with E-state index in [4.69, 9.17) is 0 Å². The molecule has 1 aromatic carbocycles. The number of fused-ring (bicyclic) bond motifs is 2. The molecule has 2 aromatic heterocycles. The van der Waals surface area contributed by atoms with E-state index >= 15 is 0 Å². The summed E-state index contributed by atoms with van der Waals surface area (Å²) in [6.45, 7) is 0.441. The number of nitrogens with one attached hydrogen (secondary N) is 1. The monoisotopic (exact) mass is 306 g/mol. The number of imidazole rings is 1. The zero-order valence-electron chi connectivity index (χ0n) is 12.8. The van der Waals surface area contributed by atoms with Gasteiger partial charge in [-0.25, -0.2) is 9.97 Å². The van der Waals surface area contributed by atoms with Crippen LogP contribution in [0, 0.1) is 0 Å². The van der Waals surface area contributed by atoms with Crippen molar-refractivity contribution < 1.29 is 4.79 Å². The lowest BCUT2D eigenvalue weighted by Gasteiger charge is -2.11. The summed E-state index contributed by atoms with van der Waals surface area (Å²) in [6, 6.07) is 10.3. The molecule has 1 aliphatic rings. The average Bonchev–Trinajstić information content (AvgIpc) is 3.17. The third kappa shape index (κ3) is 2.82. The molecule has 2 heterocycles. The summed E-state index contributed by atoms with van der Waals surface area (Å²) < 4.78 is 1.86. The summed E-state index contributed by atoms with van der Waals surface area (Å²) in [5.41, 5.74) is 3.54. The van der Waals surface area contributed by atoms with Gasteiger partial charge in [-0.1, -0.05) is 24.3 Å². The molecule has 0 saturated heterocycles. The van der Waals surface area contributed by atoms with Gasteiger partial charge in [-0.15, -0.1) is 0 Å². The molecule has 0 aliphatic heterocycles. The molecule has 0 spiro atoms. The molecule has 0 fully saturated rings. The quantitative estimate of drug-likeness (QED) is 0.805. The molecule has 0 saturated carbocycles. The molecule has 5 heteroatoms. The van der Waals surface area contributed by atoms with E-state index < -0.39 is 0 Å². The zero-order valence-corrected chi connectivity index (χ0v) is 12.8. The van der Waals surface area contributed by atoms with Gasteiger partial charge in [0.25, 0.3) is 0 Å². The van der Waals surface area contributed by atoms with Gasteiger partial charge < -0.3 is 5.32 Å². The van der Waals surface area contributed by atoms with Crippen LogP contribution in [-0.4, -0.2) is 20.3 Å². The Morgan fingerprint density at radius 3 is 3.13 bits per heavy atom. The first kappa shape index (κ1) is 13.9. The molecular formula is C18H18N4O. The van der Waals surface area contributed by atoms with Crippen LogP contribution in [0.25, 0.3) is 5.78 Å². The van der Waals surface area contributed by atoms with Crippen molar-refractivity contribution in [3.63, 3.8) is 0 Å². The Labute approximate surface area is 134 Å². The highest BCUT2D eigenvalue weighted by Gasteiger charge is 2.24. The first-order valence-corrected chi connectivity index (χ1v) is 7.93. The van der Waals surface area contributed by atoms with Crippen LogP contribution in [-0.2, 0) is 17.8 Å². The topological polar surface area (TPSA) is 59.3 Å². The Balaban J connectivity index is 1.37. The number of carbonyl (C=O) groups is 1. The number of carbonyl (C=O) groups excluding carboxylic acids is 1. The number of hydrogen-bond acceptors (Lipinski definition) is 3. The summed E-state index contributed by atoms with van der Waals surface area (Å²) >= 11 is 0. The van der Waals surface area contributed by atoms with Crippen molar-refractivity contribution in [1.82, 2.24) is 19.7 Å². The summed E-state index contributed by atoms with van der Waals surface area (Å²) in [4.78, 5) is 20.8. The fourth-order valence-electron chi connectivity index (χ4n) is 3.31. The number of benzene rings is 1. The minimum absolute atomic E-state index is 0.0803. The zero-order chi connectivity index (χ0) is 15.6. The molecule has 3 aromatic rings. The lowest BCUT2D eigenvalue weighted by atomic mass is 9.97. The number of amides is 1. The Bertz CT molecular complexity index is 822. The summed E-state index contributed by atoms with van der Waals surface area (Å²) in [5.74, 6) is 1.08. The van der Waals surface area contributed by atoms with E-state index in [-0.39, 0.29) is 5.91 Å². The lowest BCUT2D eigenvalue weighted by Crippen LogP contribution is -2.24. The lowest BCUT2D eigenvalue weighted by molar-refractivity contribution is -0.121. The first-order chi connectivity index (χ1) is 11.3. The maximum absolute atomic E-state index is 12.2. The number of aryl methyl sites for hydroxylation is 1. The van der Waals surface area contributed by atoms with Gasteiger partial charge in [0.2, 0.25) is 11.7 Å². The Hall–Kier alpha value is -2.69. The molecule has 1 amide bonds. The summed E-state index contributed by atoms with van der Waals surface area (Å²) in [5, 5.41) is 2.98. The van der Waals surface area contributed by atoms with Crippen LogP contribution in [0.4, 0.5) is 0 Å². The Kier molecular flexibility index (Phi) is 3.54. The van der Waals surface area contributed by atoms with E-state index in [1.54, 1.807) is 6.20 Å². The van der Waals surface area contributed by atoms with E-state index in [1.807, 2.05) is 22.9 Å². The minimum Gasteiger partial charge on any atom is -0.350 e. The van der Waals surface area contributed by atoms with Crippen molar-refractivity contribution in [2.24, 2.45) is 0 Å². The van der Waals surface area contributed by atoms with Crippen LogP contribution < -0.4 is 5.32 Å². The van der Waals surface area contributed by atoms with Crippen molar-refractivity contribution >= 4 is 11.7 Å². The standard InChI is InChI=1S/C18H18N4O/c23-17(10-14-7-6-13-4-1-2-5-16(13)14)20-11-15-12-22-9-3-8-19-18(22)21-15/h1-5,8-9,12,14H,6-7,10-11H2,(H,20,23)/t14-/m1/s1. The molecule has 4 rings (SSSR count). The predicted octanol–water partition coefficient (Wildman–Crippen LogP) is 2.47. The molecule has 1 aliphatic carbocycles.